The Morgan fingerprint density at radius 3 is 2.40 bits per heavy atom. The molecule has 5 nitrogen and oxygen atoms in total. The molecular weight excluding hydrogens is 278 g/mol. The summed E-state index contributed by atoms with van der Waals surface area (Å²) in [6.45, 7) is 3.82. The standard InChI is InChI=1S/C14H17NO4S/c1-2-3-10-15-20(18,19)12-6-4-11(5-7-12)14(8-9-14)13(16)17/h2,4-7,15H,1,3,8-10H2,(H,16,17). The topological polar surface area (TPSA) is 83.5 Å². The first kappa shape index (κ1) is 14.7. The van der Waals surface area contributed by atoms with E-state index in [9.17, 15) is 18.3 Å². The molecule has 0 unspecified atom stereocenters. The number of hydrogen-bond acceptors (Lipinski definition) is 3. The molecule has 2 N–H and O–H groups in total. The van der Waals surface area contributed by atoms with Crippen molar-refractivity contribution in [3.63, 3.8) is 0 Å². The molecule has 0 atom stereocenters. The summed E-state index contributed by atoms with van der Waals surface area (Å²) in [5, 5.41) is 9.19. The predicted octanol–water partition coefficient (Wildman–Crippen LogP) is 1.66. The molecule has 0 amide bonds. The molecule has 1 saturated carbocycles. The lowest BCUT2D eigenvalue weighted by Crippen LogP contribution is -2.25. The minimum atomic E-state index is -3.54. The lowest BCUT2D eigenvalue weighted by Gasteiger charge is -2.11. The largest absolute Gasteiger partial charge is 0.481 e. The van der Waals surface area contributed by atoms with Crippen molar-refractivity contribution in [3.8, 4) is 0 Å². The van der Waals surface area contributed by atoms with Crippen molar-refractivity contribution in [2.45, 2.75) is 29.6 Å². The number of nitrogens with one attached hydrogen (secondary N) is 1. The molecule has 2 rings (SSSR count). The molecule has 1 aromatic carbocycles. The van der Waals surface area contributed by atoms with Crippen LogP contribution in [0.3, 0.4) is 0 Å². The highest BCUT2D eigenvalue weighted by Crippen LogP contribution is 2.48. The molecule has 0 aromatic heterocycles. The number of carboxylic acids is 1. The van der Waals surface area contributed by atoms with Gasteiger partial charge in [-0.05, 0) is 37.0 Å². The van der Waals surface area contributed by atoms with Crippen LogP contribution in [0.1, 0.15) is 24.8 Å². The summed E-state index contributed by atoms with van der Waals surface area (Å²) in [4.78, 5) is 11.3. The van der Waals surface area contributed by atoms with Crippen molar-refractivity contribution < 1.29 is 18.3 Å². The number of sulfonamides is 1. The Bertz CT molecular complexity index is 615. The molecule has 1 aromatic rings. The van der Waals surface area contributed by atoms with E-state index in [0.29, 0.717) is 31.4 Å². The fraction of sp³-hybridized carbons (Fsp3) is 0.357. The average Bonchev–Trinajstić information content (AvgIpc) is 3.20. The highest BCUT2D eigenvalue weighted by atomic mass is 32.2. The summed E-state index contributed by atoms with van der Waals surface area (Å²) in [5.74, 6) is -0.850. The van der Waals surface area contributed by atoms with Gasteiger partial charge in [-0.25, -0.2) is 13.1 Å². The minimum absolute atomic E-state index is 0.145. The van der Waals surface area contributed by atoms with E-state index in [-0.39, 0.29) is 4.90 Å². The first-order valence-corrected chi connectivity index (χ1v) is 7.85. The first-order valence-electron chi connectivity index (χ1n) is 6.37. The number of hydrogen-bond donors (Lipinski definition) is 2. The third-order valence-corrected chi connectivity index (χ3v) is 4.99. The summed E-state index contributed by atoms with van der Waals surface area (Å²) in [6.07, 6.45) is 3.40. The van der Waals surface area contributed by atoms with E-state index >= 15 is 0 Å². The zero-order valence-electron chi connectivity index (χ0n) is 11.0. The second kappa shape index (κ2) is 5.38. The molecule has 108 valence electrons. The summed E-state index contributed by atoms with van der Waals surface area (Å²) < 4.78 is 26.4. The number of benzene rings is 1. The Balaban J connectivity index is 2.16. The van der Waals surface area contributed by atoms with E-state index in [1.165, 1.54) is 12.1 Å². The normalized spacial score (nSPS) is 16.6. The molecule has 1 fully saturated rings. The molecule has 1 aliphatic carbocycles. The van der Waals surface area contributed by atoms with Crippen molar-refractivity contribution in [2.75, 3.05) is 6.54 Å². The van der Waals surface area contributed by atoms with Gasteiger partial charge in [-0.1, -0.05) is 18.2 Å². The van der Waals surface area contributed by atoms with Crippen LogP contribution in [0.2, 0.25) is 0 Å². The predicted molar refractivity (Wildman–Crippen MR) is 75.0 cm³/mol. The van der Waals surface area contributed by atoms with Crippen molar-refractivity contribution in [1.29, 1.82) is 0 Å². The van der Waals surface area contributed by atoms with E-state index in [1.807, 2.05) is 0 Å². The fourth-order valence-corrected chi connectivity index (χ4v) is 3.13. The molecule has 0 spiro atoms. The van der Waals surface area contributed by atoms with Gasteiger partial charge < -0.3 is 5.11 Å². The number of carbonyl (C=O) groups is 1. The maximum absolute atomic E-state index is 12.0. The number of carboxylic acid groups (broad SMARTS) is 1. The fourth-order valence-electron chi connectivity index (χ4n) is 2.08. The second-order valence-corrected chi connectivity index (χ2v) is 6.65. The van der Waals surface area contributed by atoms with Crippen LogP contribution in [0, 0.1) is 0 Å². The van der Waals surface area contributed by atoms with E-state index in [2.05, 4.69) is 11.3 Å². The van der Waals surface area contributed by atoms with Crippen LogP contribution in [0.25, 0.3) is 0 Å². The second-order valence-electron chi connectivity index (χ2n) is 4.89. The van der Waals surface area contributed by atoms with Gasteiger partial charge in [0.25, 0.3) is 0 Å². The van der Waals surface area contributed by atoms with Gasteiger partial charge in [0.05, 0.1) is 10.3 Å². The van der Waals surface area contributed by atoms with Crippen molar-refractivity contribution >= 4 is 16.0 Å². The van der Waals surface area contributed by atoms with Crippen molar-refractivity contribution in [1.82, 2.24) is 4.72 Å². The molecular formula is C14H17NO4S. The van der Waals surface area contributed by atoms with Crippen LogP contribution in [-0.2, 0) is 20.2 Å². The van der Waals surface area contributed by atoms with Crippen LogP contribution in [0.15, 0.2) is 41.8 Å². The molecule has 0 saturated heterocycles. The molecule has 0 aliphatic heterocycles. The van der Waals surface area contributed by atoms with Crippen LogP contribution >= 0.6 is 0 Å². The van der Waals surface area contributed by atoms with Gasteiger partial charge in [-0.2, -0.15) is 0 Å². The third kappa shape index (κ3) is 2.76. The minimum Gasteiger partial charge on any atom is -0.481 e. The third-order valence-electron chi connectivity index (χ3n) is 3.52. The smallest absolute Gasteiger partial charge is 0.314 e. The Hall–Kier alpha value is -1.66. The first-order chi connectivity index (χ1) is 9.42. The molecule has 0 radical (unpaired) electrons. The summed E-state index contributed by atoms with van der Waals surface area (Å²) >= 11 is 0. The van der Waals surface area contributed by atoms with Crippen molar-refractivity contribution in [2.24, 2.45) is 0 Å². The number of rotatable bonds is 7. The van der Waals surface area contributed by atoms with E-state index < -0.39 is 21.4 Å². The lowest BCUT2D eigenvalue weighted by molar-refractivity contribution is -0.140. The quantitative estimate of drug-likeness (QED) is 0.592. The highest BCUT2D eigenvalue weighted by Gasteiger charge is 2.51. The maximum Gasteiger partial charge on any atom is 0.314 e. The van der Waals surface area contributed by atoms with Crippen LogP contribution in [-0.4, -0.2) is 26.0 Å². The molecule has 0 bridgehead atoms. The average molecular weight is 295 g/mol. The summed E-state index contributed by atoms with van der Waals surface area (Å²) in [7, 11) is -3.54. The van der Waals surface area contributed by atoms with E-state index in [0.717, 1.165) is 0 Å². The zero-order valence-corrected chi connectivity index (χ0v) is 11.8. The van der Waals surface area contributed by atoms with Gasteiger partial charge in [0, 0.05) is 6.54 Å². The van der Waals surface area contributed by atoms with Gasteiger partial charge in [-0.3, -0.25) is 4.79 Å². The number of aliphatic carboxylic acids is 1. The van der Waals surface area contributed by atoms with Gasteiger partial charge in [0.15, 0.2) is 0 Å². The lowest BCUT2D eigenvalue weighted by atomic mass is 9.96. The van der Waals surface area contributed by atoms with Crippen molar-refractivity contribution in [3.05, 3.63) is 42.5 Å². The molecule has 0 heterocycles. The molecule has 6 heteroatoms. The Labute approximate surface area is 118 Å². The zero-order chi connectivity index (χ0) is 14.8. The maximum atomic E-state index is 12.0. The summed E-state index contributed by atoms with van der Waals surface area (Å²) in [6, 6.07) is 6.08. The Morgan fingerprint density at radius 1 is 1.35 bits per heavy atom. The van der Waals surface area contributed by atoms with Crippen LogP contribution in [0.4, 0.5) is 0 Å². The monoisotopic (exact) mass is 295 g/mol. The molecule has 20 heavy (non-hydrogen) atoms. The molecule has 1 aliphatic rings. The van der Waals surface area contributed by atoms with Gasteiger partial charge in [-0.15, -0.1) is 6.58 Å². The van der Waals surface area contributed by atoms with Gasteiger partial charge in [0.1, 0.15) is 0 Å². The SMILES string of the molecule is C=CCCNS(=O)(=O)c1ccc(C2(C(=O)O)CC2)cc1. The van der Waals surface area contributed by atoms with Gasteiger partial charge in [0.2, 0.25) is 10.0 Å². The summed E-state index contributed by atoms with van der Waals surface area (Å²) in [5.41, 5.74) is -0.145. The van der Waals surface area contributed by atoms with Gasteiger partial charge >= 0.3 is 5.97 Å². The van der Waals surface area contributed by atoms with E-state index in [1.54, 1.807) is 18.2 Å². The van der Waals surface area contributed by atoms with E-state index in [4.69, 9.17) is 0 Å². The Morgan fingerprint density at radius 2 is 1.95 bits per heavy atom. The highest BCUT2D eigenvalue weighted by molar-refractivity contribution is 7.89. The van der Waals surface area contributed by atoms with Crippen LogP contribution in [0.5, 0.6) is 0 Å². The Kier molecular flexibility index (Phi) is 3.96. The van der Waals surface area contributed by atoms with Crippen LogP contribution < -0.4 is 4.72 Å².